The third-order valence-corrected chi connectivity index (χ3v) is 7.31. The lowest BCUT2D eigenvalue weighted by atomic mass is 10.1. The van der Waals surface area contributed by atoms with Crippen molar-refractivity contribution in [3.63, 3.8) is 0 Å². The van der Waals surface area contributed by atoms with Gasteiger partial charge in [0.15, 0.2) is 5.69 Å². The van der Waals surface area contributed by atoms with Crippen molar-refractivity contribution < 1.29 is 32.3 Å². The van der Waals surface area contributed by atoms with E-state index in [1.54, 1.807) is 11.0 Å². The number of aromatic carboxylic acids is 1. The van der Waals surface area contributed by atoms with Crippen LogP contribution in [-0.4, -0.2) is 39.9 Å². The molecule has 2 saturated carbocycles. The molecule has 198 valence electrons. The Balaban J connectivity index is 1.46. The van der Waals surface area contributed by atoms with E-state index in [9.17, 15) is 32.3 Å². The second-order valence-corrected chi connectivity index (χ2v) is 10.2. The fourth-order valence-corrected chi connectivity index (χ4v) is 5.10. The van der Waals surface area contributed by atoms with Crippen molar-refractivity contribution >= 4 is 34.9 Å². The Morgan fingerprint density at radius 3 is 2.54 bits per heavy atom. The largest absolute Gasteiger partial charge is 0.478 e. The third-order valence-electron chi connectivity index (χ3n) is 6.93. The molecule has 0 bridgehead atoms. The van der Waals surface area contributed by atoms with Crippen molar-refractivity contribution in [2.24, 2.45) is 5.92 Å². The number of anilines is 2. The molecule has 1 atom stereocenters. The fourth-order valence-electron chi connectivity index (χ4n) is 4.71. The highest BCUT2D eigenvalue weighted by Crippen LogP contribution is 2.49. The van der Waals surface area contributed by atoms with Crippen LogP contribution in [-0.2, 0) is 11.0 Å². The Hall–Kier alpha value is -3.08. The Kier molecular flexibility index (Phi) is 6.68. The average molecular weight is 541 g/mol. The lowest BCUT2D eigenvalue weighted by Gasteiger charge is -2.27. The number of hydrogen-bond donors (Lipinski definition) is 2. The minimum Gasteiger partial charge on any atom is -0.478 e. The van der Waals surface area contributed by atoms with E-state index in [1.807, 2.05) is 0 Å². The zero-order valence-corrected chi connectivity index (χ0v) is 20.4. The number of halogens is 5. The highest BCUT2D eigenvalue weighted by atomic mass is 35.5. The number of hydrogen-bond acceptors (Lipinski definition) is 4. The van der Waals surface area contributed by atoms with E-state index in [-0.39, 0.29) is 47.6 Å². The number of carbonyl (C=O) groups is 2. The first kappa shape index (κ1) is 25.6. The van der Waals surface area contributed by atoms with Crippen molar-refractivity contribution in [1.82, 2.24) is 9.78 Å². The maximum atomic E-state index is 13.7. The molecule has 12 heteroatoms. The molecule has 5 rings (SSSR count). The van der Waals surface area contributed by atoms with Crippen molar-refractivity contribution in [3.8, 4) is 0 Å². The Bertz CT molecular complexity index is 1270. The predicted molar refractivity (Wildman–Crippen MR) is 129 cm³/mol. The first-order valence-corrected chi connectivity index (χ1v) is 12.5. The summed E-state index contributed by atoms with van der Waals surface area (Å²) < 4.78 is 55.7. The van der Waals surface area contributed by atoms with Crippen molar-refractivity contribution in [3.05, 3.63) is 52.1 Å². The van der Waals surface area contributed by atoms with Gasteiger partial charge in [-0.15, -0.1) is 0 Å². The van der Waals surface area contributed by atoms with Gasteiger partial charge in [0.2, 0.25) is 5.91 Å². The second-order valence-electron chi connectivity index (χ2n) is 9.84. The number of rotatable bonds is 8. The van der Waals surface area contributed by atoms with E-state index in [1.165, 1.54) is 18.2 Å². The Labute approximate surface area is 215 Å². The van der Waals surface area contributed by atoms with Gasteiger partial charge in [-0.25, -0.2) is 9.18 Å². The molecule has 37 heavy (non-hydrogen) atoms. The summed E-state index contributed by atoms with van der Waals surface area (Å²) in [7, 11) is 0. The third kappa shape index (κ3) is 5.46. The summed E-state index contributed by atoms with van der Waals surface area (Å²) >= 11 is 6.13. The van der Waals surface area contributed by atoms with Crippen LogP contribution in [0.25, 0.3) is 0 Å². The van der Waals surface area contributed by atoms with E-state index in [0.717, 1.165) is 17.5 Å². The molecule has 2 fully saturated rings. The Morgan fingerprint density at radius 1 is 1.22 bits per heavy atom. The summed E-state index contributed by atoms with van der Waals surface area (Å²) in [6, 6.07) is 3.27. The summed E-state index contributed by atoms with van der Waals surface area (Å²) in [6.07, 6.45) is 0.437. The molecular weight excluding hydrogens is 516 g/mol. The molecule has 2 aliphatic carbocycles. The average Bonchev–Trinajstić information content (AvgIpc) is 3.76. The quantitative estimate of drug-likeness (QED) is 0.391. The van der Waals surface area contributed by atoms with E-state index < -0.39 is 34.8 Å². The summed E-state index contributed by atoms with van der Waals surface area (Å²) in [4.78, 5) is 27.2. The molecule has 0 radical (unpaired) electrons. The predicted octanol–water partition coefficient (Wildman–Crippen LogP) is 6.17. The van der Waals surface area contributed by atoms with Crippen LogP contribution in [0.5, 0.6) is 0 Å². The highest BCUT2D eigenvalue weighted by molar-refractivity contribution is 6.32. The molecule has 1 aliphatic heterocycles. The van der Waals surface area contributed by atoms with Gasteiger partial charge in [-0.1, -0.05) is 24.4 Å². The van der Waals surface area contributed by atoms with E-state index in [4.69, 9.17) is 11.6 Å². The topological polar surface area (TPSA) is 87.5 Å². The molecular formula is C25H25ClF4N4O3. The monoisotopic (exact) mass is 540 g/mol. The highest BCUT2D eigenvalue weighted by Gasteiger charge is 2.44. The molecule has 1 aromatic carbocycles. The second kappa shape index (κ2) is 9.66. The van der Waals surface area contributed by atoms with Crippen LogP contribution < -0.4 is 10.2 Å². The summed E-state index contributed by atoms with van der Waals surface area (Å²) in [5.74, 6) is -2.33. The van der Waals surface area contributed by atoms with Crippen LogP contribution in [0.15, 0.2) is 30.1 Å². The number of nitrogens with one attached hydrogen (secondary N) is 1. The van der Waals surface area contributed by atoms with Gasteiger partial charge in [0.05, 0.1) is 28.5 Å². The molecule has 2 N–H and O–H groups in total. The van der Waals surface area contributed by atoms with E-state index in [2.05, 4.69) is 10.4 Å². The van der Waals surface area contributed by atoms with Crippen LogP contribution in [0.4, 0.5) is 28.9 Å². The number of carboxylic acid groups (broad SMARTS) is 1. The fraction of sp³-hybridized carbons (Fsp3) is 0.480. The van der Waals surface area contributed by atoms with Gasteiger partial charge >= 0.3 is 12.1 Å². The number of alkyl halides is 3. The smallest absolute Gasteiger partial charge is 0.436 e. The summed E-state index contributed by atoms with van der Waals surface area (Å²) in [5, 5.41) is 15.7. The first-order chi connectivity index (χ1) is 17.5. The van der Waals surface area contributed by atoms with Crippen molar-refractivity contribution in [2.45, 2.75) is 56.7 Å². The molecule has 0 spiro atoms. The lowest BCUT2D eigenvalue weighted by Crippen LogP contribution is -2.30. The molecule has 3 aliphatic rings. The van der Waals surface area contributed by atoms with Gasteiger partial charge in [-0.3, -0.25) is 9.48 Å². The van der Waals surface area contributed by atoms with E-state index in [0.29, 0.717) is 31.5 Å². The maximum absolute atomic E-state index is 13.7. The minimum atomic E-state index is -4.78. The zero-order valence-electron chi connectivity index (χ0n) is 19.7. The number of aromatic nitrogens is 2. The Morgan fingerprint density at radius 2 is 1.95 bits per heavy atom. The zero-order chi connectivity index (χ0) is 26.5. The molecule has 0 saturated heterocycles. The normalized spacial score (nSPS) is 18.9. The van der Waals surface area contributed by atoms with Gasteiger partial charge in [0, 0.05) is 18.2 Å². The number of carboxylic acids is 1. The summed E-state index contributed by atoms with van der Waals surface area (Å²) in [6.45, 7) is 0.521. The van der Waals surface area contributed by atoms with Gasteiger partial charge in [0.25, 0.3) is 0 Å². The number of amides is 1. The van der Waals surface area contributed by atoms with Gasteiger partial charge in [-0.2, -0.15) is 18.3 Å². The van der Waals surface area contributed by atoms with E-state index >= 15 is 0 Å². The standard InChI is InChI=1S/C25H25ClF4N4O3/c26-20-21(14-5-6-14)34(32-22(20)25(28,29)30)19(10-13-3-4-13)23(35)31-18-8-7-16(11-17(18)24(36)37)33-9-1-2-15(27)12-33/h2,7-8,11,13-14,19H,1,3-6,9-10,12H2,(H,31,35)(H,36,37)/t19-/m0/s1. The molecule has 2 heterocycles. The molecule has 7 nitrogen and oxygen atoms in total. The maximum Gasteiger partial charge on any atom is 0.436 e. The van der Waals surface area contributed by atoms with Crippen molar-refractivity contribution in [1.29, 1.82) is 0 Å². The van der Waals surface area contributed by atoms with Gasteiger partial charge < -0.3 is 15.3 Å². The summed E-state index contributed by atoms with van der Waals surface area (Å²) in [5.41, 5.74) is -0.745. The number of carbonyl (C=O) groups excluding carboxylic acids is 1. The minimum absolute atomic E-state index is 0.00246. The lowest BCUT2D eigenvalue weighted by molar-refractivity contribution is -0.141. The molecule has 1 amide bonds. The van der Waals surface area contributed by atoms with Crippen LogP contribution in [0.2, 0.25) is 5.02 Å². The first-order valence-electron chi connectivity index (χ1n) is 12.2. The van der Waals surface area contributed by atoms with Crippen LogP contribution in [0, 0.1) is 5.92 Å². The molecule has 1 aromatic heterocycles. The number of benzene rings is 1. The van der Waals surface area contributed by atoms with Gasteiger partial charge in [0.1, 0.15) is 11.9 Å². The van der Waals surface area contributed by atoms with Crippen LogP contribution in [0.1, 0.15) is 72.2 Å². The van der Waals surface area contributed by atoms with Gasteiger partial charge in [-0.05, 0) is 55.9 Å². The number of nitrogens with zero attached hydrogens (tertiary/aromatic N) is 3. The molecule has 0 unspecified atom stereocenters. The molecule has 2 aromatic rings. The van der Waals surface area contributed by atoms with Crippen LogP contribution >= 0.6 is 11.6 Å². The SMILES string of the molecule is O=C(O)c1cc(N2CCC=C(F)C2)ccc1NC(=O)[C@H](CC1CC1)n1nc(C(F)(F)F)c(Cl)c1C1CC1. The van der Waals surface area contributed by atoms with Crippen molar-refractivity contribution in [2.75, 3.05) is 23.3 Å². The van der Waals surface area contributed by atoms with Crippen LogP contribution in [0.3, 0.4) is 0 Å².